The van der Waals surface area contributed by atoms with E-state index in [0.717, 1.165) is 24.8 Å². The van der Waals surface area contributed by atoms with E-state index >= 15 is 0 Å². The lowest BCUT2D eigenvalue weighted by Crippen LogP contribution is -2.44. The predicted molar refractivity (Wildman–Crippen MR) is 109 cm³/mol. The van der Waals surface area contributed by atoms with E-state index in [1.165, 1.54) is 12.0 Å². The zero-order chi connectivity index (χ0) is 21.3. The van der Waals surface area contributed by atoms with E-state index in [-0.39, 0.29) is 24.3 Å². The lowest BCUT2D eigenvalue weighted by Gasteiger charge is -2.31. The molecule has 30 heavy (non-hydrogen) atoms. The highest BCUT2D eigenvalue weighted by molar-refractivity contribution is 5.83. The molecular formula is C22H26N4O4. The standard InChI is InChI=1S/C22H26N4O4/c1-16(27)25-15-20(19-4-2-10-24-14-19)22(29)30-26-13-3-5-18(21(26)28)7-6-17-8-11-23-12-9-17/h2,4,8-12,14,18,20H,3,5-7,13,15H2,1H3,(H,25,27)/t18-,20?/m1/s1. The fourth-order valence-electron chi connectivity index (χ4n) is 3.50. The van der Waals surface area contributed by atoms with E-state index in [1.807, 2.05) is 12.1 Å². The van der Waals surface area contributed by atoms with E-state index in [1.54, 1.807) is 36.9 Å². The first-order valence-corrected chi connectivity index (χ1v) is 10.1. The molecule has 0 aliphatic carbocycles. The number of nitrogens with one attached hydrogen (secondary N) is 1. The lowest BCUT2D eigenvalue weighted by molar-refractivity contribution is -0.206. The predicted octanol–water partition coefficient (Wildman–Crippen LogP) is 2.03. The molecule has 2 aromatic heterocycles. The molecular weight excluding hydrogens is 384 g/mol. The summed E-state index contributed by atoms with van der Waals surface area (Å²) in [6, 6.07) is 7.33. The molecule has 3 rings (SSSR count). The average molecular weight is 410 g/mol. The number of hydrogen-bond acceptors (Lipinski definition) is 6. The third-order valence-electron chi connectivity index (χ3n) is 5.17. The van der Waals surface area contributed by atoms with Gasteiger partial charge >= 0.3 is 5.97 Å². The number of aryl methyl sites for hydroxylation is 1. The molecule has 8 heteroatoms. The minimum Gasteiger partial charge on any atom is -0.355 e. The molecule has 2 atom stereocenters. The molecule has 0 radical (unpaired) electrons. The summed E-state index contributed by atoms with van der Waals surface area (Å²) in [6.07, 6.45) is 9.63. The van der Waals surface area contributed by atoms with Crippen LogP contribution < -0.4 is 5.32 Å². The highest BCUT2D eigenvalue weighted by atomic mass is 16.7. The Bertz CT molecular complexity index is 860. The fraction of sp³-hybridized carbons (Fsp3) is 0.409. The average Bonchev–Trinajstić information content (AvgIpc) is 2.76. The molecule has 1 aliphatic heterocycles. The van der Waals surface area contributed by atoms with Gasteiger partial charge in [-0.2, -0.15) is 5.06 Å². The largest absolute Gasteiger partial charge is 0.355 e. The van der Waals surface area contributed by atoms with Crippen LogP contribution in [0.2, 0.25) is 0 Å². The summed E-state index contributed by atoms with van der Waals surface area (Å²) in [6.45, 7) is 1.83. The van der Waals surface area contributed by atoms with Crippen LogP contribution in [0.3, 0.4) is 0 Å². The minimum atomic E-state index is -0.743. The first kappa shape index (κ1) is 21.4. The van der Waals surface area contributed by atoms with Gasteiger partial charge < -0.3 is 10.2 Å². The van der Waals surface area contributed by atoms with Crippen molar-refractivity contribution in [3.8, 4) is 0 Å². The number of aromatic nitrogens is 2. The number of rotatable bonds is 8. The Kier molecular flexibility index (Phi) is 7.48. The first-order valence-electron chi connectivity index (χ1n) is 10.1. The summed E-state index contributed by atoms with van der Waals surface area (Å²) in [5, 5.41) is 3.83. The third-order valence-corrected chi connectivity index (χ3v) is 5.17. The minimum absolute atomic E-state index is 0.0767. The van der Waals surface area contributed by atoms with Crippen molar-refractivity contribution >= 4 is 17.8 Å². The smallest absolute Gasteiger partial charge is 0.341 e. The molecule has 1 saturated heterocycles. The second-order valence-electron chi connectivity index (χ2n) is 7.36. The van der Waals surface area contributed by atoms with Gasteiger partial charge in [-0.3, -0.25) is 19.6 Å². The van der Waals surface area contributed by atoms with Crippen molar-refractivity contribution in [1.82, 2.24) is 20.3 Å². The van der Waals surface area contributed by atoms with Gasteiger partial charge in [0.2, 0.25) is 5.91 Å². The van der Waals surface area contributed by atoms with Crippen LogP contribution in [-0.2, 0) is 25.6 Å². The second-order valence-corrected chi connectivity index (χ2v) is 7.36. The molecule has 2 amide bonds. The van der Waals surface area contributed by atoms with E-state index < -0.39 is 11.9 Å². The van der Waals surface area contributed by atoms with Crippen LogP contribution in [0.25, 0.3) is 0 Å². The van der Waals surface area contributed by atoms with Gasteiger partial charge in [0.05, 0.1) is 6.54 Å². The van der Waals surface area contributed by atoms with Crippen molar-refractivity contribution in [3.63, 3.8) is 0 Å². The Morgan fingerprint density at radius 1 is 1.23 bits per heavy atom. The van der Waals surface area contributed by atoms with Crippen molar-refractivity contribution in [1.29, 1.82) is 0 Å². The molecule has 1 N–H and O–H groups in total. The van der Waals surface area contributed by atoms with Crippen LogP contribution in [0.4, 0.5) is 0 Å². The van der Waals surface area contributed by atoms with Crippen LogP contribution in [0.15, 0.2) is 49.1 Å². The van der Waals surface area contributed by atoms with E-state index in [0.29, 0.717) is 18.5 Å². The number of carbonyl (C=O) groups excluding carboxylic acids is 3. The Labute approximate surface area is 175 Å². The molecule has 1 fully saturated rings. The highest BCUT2D eigenvalue weighted by Crippen LogP contribution is 2.25. The van der Waals surface area contributed by atoms with E-state index in [9.17, 15) is 14.4 Å². The Balaban J connectivity index is 1.62. The Morgan fingerprint density at radius 2 is 2.03 bits per heavy atom. The molecule has 0 aromatic carbocycles. The van der Waals surface area contributed by atoms with Crippen molar-refractivity contribution in [3.05, 3.63) is 60.2 Å². The summed E-state index contributed by atoms with van der Waals surface area (Å²) < 4.78 is 0. The molecule has 0 bridgehead atoms. The number of piperidine rings is 1. The van der Waals surface area contributed by atoms with Gasteiger partial charge in [-0.25, -0.2) is 4.79 Å². The number of hydroxylamine groups is 2. The molecule has 3 heterocycles. The second kappa shape index (κ2) is 10.5. The maximum atomic E-state index is 12.9. The summed E-state index contributed by atoms with van der Waals surface area (Å²) in [4.78, 5) is 50.6. The number of pyridine rings is 2. The van der Waals surface area contributed by atoms with Crippen molar-refractivity contribution < 1.29 is 19.2 Å². The van der Waals surface area contributed by atoms with Crippen LogP contribution >= 0.6 is 0 Å². The maximum absolute atomic E-state index is 12.9. The van der Waals surface area contributed by atoms with Gasteiger partial charge in [0.1, 0.15) is 5.92 Å². The topological polar surface area (TPSA) is 101 Å². The van der Waals surface area contributed by atoms with Crippen molar-refractivity contribution in [2.75, 3.05) is 13.1 Å². The Hall–Kier alpha value is -3.29. The lowest BCUT2D eigenvalue weighted by atomic mass is 9.92. The number of hydrogen-bond donors (Lipinski definition) is 1. The van der Waals surface area contributed by atoms with Crippen LogP contribution in [0.5, 0.6) is 0 Å². The summed E-state index contributed by atoms with van der Waals surface area (Å²) in [7, 11) is 0. The molecule has 1 aliphatic rings. The SMILES string of the molecule is CC(=O)NCC(C(=O)ON1CCC[C@H](CCc2ccncc2)C1=O)c1cccnc1. The quantitative estimate of drug-likeness (QED) is 0.715. The van der Waals surface area contributed by atoms with Gasteiger partial charge in [-0.1, -0.05) is 6.07 Å². The molecule has 1 unspecified atom stereocenters. The summed E-state index contributed by atoms with van der Waals surface area (Å²) in [5.74, 6) is -1.94. The third kappa shape index (κ3) is 5.85. The fourth-order valence-corrected chi connectivity index (χ4v) is 3.50. The monoisotopic (exact) mass is 410 g/mol. The van der Waals surface area contributed by atoms with Gasteiger partial charge in [0.25, 0.3) is 5.91 Å². The van der Waals surface area contributed by atoms with Gasteiger partial charge in [-0.05, 0) is 55.0 Å². The van der Waals surface area contributed by atoms with Crippen molar-refractivity contribution in [2.24, 2.45) is 5.92 Å². The molecule has 158 valence electrons. The summed E-state index contributed by atoms with van der Waals surface area (Å²) in [5.41, 5.74) is 1.74. The van der Waals surface area contributed by atoms with Crippen LogP contribution in [-0.4, -0.2) is 45.9 Å². The molecule has 2 aromatic rings. The van der Waals surface area contributed by atoms with Crippen LogP contribution in [0, 0.1) is 5.92 Å². The van der Waals surface area contributed by atoms with E-state index in [4.69, 9.17) is 4.84 Å². The summed E-state index contributed by atoms with van der Waals surface area (Å²) >= 11 is 0. The van der Waals surface area contributed by atoms with Crippen LogP contribution in [0.1, 0.15) is 43.2 Å². The number of amides is 2. The first-order chi connectivity index (χ1) is 14.5. The van der Waals surface area contributed by atoms with Crippen molar-refractivity contribution in [2.45, 2.75) is 38.5 Å². The zero-order valence-electron chi connectivity index (χ0n) is 17.0. The molecule has 0 spiro atoms. The molecule has 0 saturated carbocycles. The van der Waals surface area contributed by atoms with Gasteiger partial charge in [0, 0.05) is 44.2 Å². The Morgan fingerprint density at radius 3 is 2.73 bits per heavy atom. The van der Waals surface area contributed by atoms with E-state index in [2.05, 4.69) is 15.3 Å². The normalized spacial score (nSPS) is 17.3. The van der Waals surface area contributed by atoms with Gasteiger partial charge in [-0.15, -0.1) is 0 Å². The zero-order valence-corrected chi connectivity index (χ0v) is 17.0. The highest BCUT2D eigenvalue weighted by Gasteiger charge is 2.33. The molecule has 8 nitrogen and oxygen atoms in total. The van der Waals surface area contributed by atoms with Gasteiger partial charge in [0.15, 0.2) is 0 Å². The number of carbonyl (C=O) groups is 3. The maximum Gasteiger partial charge on any atom is 0.341 e. The number of nitrogens with zero attached hydrogens (tertiary/aromatic N) is 3.